The number of carboxylic acid groups (broad SMARTS) is 1. The van der Waals surface area contributed by atoms with Crippen LogP contribution in [-0.4, -0.2) is 56.1 Å². The molecule has 10 heteroatoms. The molecule has 26 heavy (non-hydrogen) atoms. The van der Waals surface area contributed by atoms with Crippen LogP contribution >= 0.6 is 11.8 Å². The van der Waals surface area contributed by atoms with Crippen LogP contribution in [0.25, 0.3) is 0 Å². The number of nitrogens with zero attached hydrogens (tertiary/aromatic N) is 1. The quantitative estimate of drug-likeness (QED) is 0.308. The lowest BCUT2D eigenvalue weighted by Crippen LogP contribution is -2.71. The minimum Gasteiger partial charge on any atom is -0.477 e. The first-order valence-electron chi connectivity index (χ1n) is 7.63. The lowest BCUT2D eigenvalue weighted by molar-refractivity contribution is -0.151. The highest BCUT2D eigenvalue weighted by Gasteiger charge is 2.54. The van der Waals surface area contributed by atoms with Crippen molar-refractivity contribution in [3.8, 4) is 0 Å². The van der Waals surface area contributed by atoms with E-state index in [0.29, 0.717) is 0 Å². The molecule has 9 nitrogen and oxygen atoms in total. The van der Waals surface area contributed by atoms with Crippen molar-refractivity contribution in [3.05, 3.63) is 47.2 Å². The Bertz CT molecular complexity index is 809. The van der Waals surface area contributed by atoms with Crippen LogP contribution in [0.1, 0.15) is 5.56 Å². The van der Waals surface area contributed by atoms with E-state index in [-0.39, 0.29) is 23.7 Å². The smallest absolute Gasteiger partial charge is 0.353 e. The van der Waals surface area contributed by atoms with Crippen LogP contribution in [0.2, 0.25) is 0 Å². The van der Waals surface area contributed by atoms with Crippen LogP contribution < -0.4 is 10.8 Å². The number of thioether (sulfide) groups is 1. The molecule has 2 aliphatic heterocycles. The van der Waals surface area contributed by atoms with E-state index < -0.39 is 34.9 Å². The summed E-state index contributed by atoms with van der Waals surface area (Å²) < 4.78 is 0. The zero-order valence-corrected chi connectivity index (χ0v) is 14.2. The number of rotatable bonds is 5. The number of hydrogen-bond donors (Lipinski definition) is 4. The average Bonchev–Trinajstić information content (AvgIpc) is 2.64. The maximum Gasteiger partial charge on any atom is 0.353 e. The number of benzene rings is 1. The van der Waals surface area contributed by atoms with Gasteiger partial charge in [-0.05, 0) is 5.56 Å². The van der Waals surface area contributed by atoms with Crippen LogP contribution in [0.4, 0.5) is 0 Å². The number of carbonyl (C=O) groups excluding carboxylic acids is 3. The summed E-state index contributed by atoms with van der Waals surface area (Å²) in [5.74, 6) is -3.39. The first-order chi connectivity index (χ1) is 12.4. The Balaban J connectivity index is 1.73. The molecular formula is C16H15N3O6S. The van der Waals surface area contributed by atoms with E-state index in [1.165, 1.54) is 5.48 Å². The molecule has 136 valence electrons. The van der Waals surface area contributed by atoms with Crippen LogP contribution in [0.3, 0.4) is 0 Å². The summed E-state index contributed by atoms with van der Waals surface area (Å²) in [6, 6.07) is 8.14. The number of β-lactam (4-membered cyclic amide) rings is 1. The van der Waals surface area contributed by atoms with Gasteiger partial charge in [-0.2, -0.15) is 0 Å². The fraction of sp³-hybridized carbons (Fsp3) is 0.250. The third-order valence-electron chi connectivity index (χ3n) is 4.07. The van der Waals surface area contributed by atoms with Crippen molar-refractivity contribution in [2.45, 2.75) is 17.8 Å². The van der Waals surface area contributed by atoms with Crippen LogP contribution in [0.5, 0.6) is 0 Å². The number of amides is 3. The monoisotopic (exact) mass is 377 g/mol. The van der Waals surface area contributed by atoms with E-state index in [4.69, 9.17) is 5.21 Å². The second-order valence-electron chi connectivity index (χ2n) is 5.69. The van der Waals surface area contributed by atoms with Gasteiger partial charge in [-0.15, -0.1) is 11.8 Å². The summed E-state index contributed by atoms with van der Waals surface area (Å²) in [7, 11) is 0. The molecule has 0 aliphatic carbocycles. The third-order valence-corrected chi connectivity index (χ3v) is 5.35. The van der Waals surface area contributed by atoms with Crippen LogP contribution in [-0.2, 0) is 25.6 Å². The molecule has 0 radical (unpaired) electrons. The van der Waals surface area contributed by atoms with Gasteiger partial charge in [0.05, 0.1) is 12.0 Å². The Hall–Kier alpha value is -2.85. The number of hydrogen-bond acceptors (Lipinski definition) is 6. The van der Waals surface area contributed by atoms with Gasteiger partial charge in [0.1, 0.15) is 17.1 Å². The lowest BCUT2D eigenvalue weighted by atomic mass is 10.0. The summed E-state index contributed by atoms with van der Waals surface area (Å²) >= 11 is 1.14. The van der Waals surface area contributed by atoms with Gasteiger partial charge in [-0.1, -0.05) is 30.3 Å². The van der Waals surface area contributed by atoms with Gasteiger partial charge in [-0.3, -0.25) is 24.5 Å². The molecule has 0 bridgehead atoms. The topological polar surface area (TPSA) is 136 Å². The molecule has 1 unspecified atom stereocenters. The summed E-state index contributed by atoms with van der Waals surface area (Å²) in [5, 5.41) is 20.1. The van der Waals surface area contributed by atoms with E-state index in [0.717, 1.165) is 22.2 Å². The second kappa shape index (κ2) is 7.18. The fourth-order valence-corrected chi connectivity index (χ4v) is 4.21. The molecule has 1 fully saturated rings. The zero-order valence-electron chi connectivity index (χ0n) is 13.3. The lowest BCUT2D eigenvalue weighted by Gasteiger charge is -2.49. The molecule has 0 aromatic heterocycles. The van der Waals surface area contributed by atoms with Crippen LogP contribution in [0, 0.1) is 0 Å². The molecule has 3 amide bonds. The number of carboxylic acids is 1. The fourth-order valence-electron chi connectivity index (χ4n) is 2.87. The second-order valence-corrected chi connectivity index (χ2v) is 6.80. The van der Waals surface area contributed by atoms with Gasteiger partial charge in [0.15, 0.2) is 0 Å². The van der Waals surface area contributed by atoms with Gasteiger partial charge in [-0.25, -0.2) is 10.3 Å². The molecule has 2 atom stereocenters. The van der Waals surface area contributed by atoms with Crippen molar-refractivity contribution in [3.63, 3.8) is 0 Å². The number of aliphatic carboxylic acids is 1. The molecule has 2 heterocycles. The average molecular weight is 377 g/mol. The van der Waals surface area contributed by atoms with Gasteiger partial charge < -0.3 is 10.4 Å². The van der Waals surface area contributed by atoms with Crippen molar-refractivity contribution in [1.29, 1.82) is 0 Å². The highest BCUT2D eigenvalue weighted by molar-refractivity contribution is 8.00. The number of hydroxylamine groups is 1. The van der Waals surface area contributed by atoms with Crippen molar-refractivity contribution >= 4 is 35.5 Å². The largest absolute Gasteiger partial charge is 0.477 e. The summed E-state index contributed by atoms with van der Waals surface area (Å²) in [4.78, 5) is 48.6. The molecule has 3 rings (SSSR count). The predicted octanol–water partition coefficient (Wildman–Crippen LogP) is -0.527. The molecule has 0 spiro atoms. The predicted molar refractivity (Wildman–Crippen MR) is 89.8 cm³/mol. The Morgan fingerprint density at radius 3 is 2.54 bits per heavy atom. The summed E-state index contributed by atoms with van der Waals surface area (Å²) in [6.07, 6.45) is 0.0990. The number of nitrogens with one attached hydrogen (secondary N) is 2. The van der Waals surface area contributed by atoms with Crippen molar-refractivity contribution in [2.75, 3.05) is 5.75 Å². The molecule has 2 aliphatic rings. The highest BCUT2D eigenvalue weighted by atomic mass is 32.2. The highest BCUT2D eigenvalue weighted by Crippen LogP contribution is 2.40. The Morgan fingerprint density at radius 2 is 1.92 bits per heavy atom. The molecule has 4 N–H and O–H groups in total. The Labute approximate surface area is 152 Å². The SMILES string of the molecule is O=C(Cc1ccccc1)NC1C(=O)N2C(C(=O)O)=C(C(=O)NO)CS[C@@H]12. The van der Waals surface area contributed by atoms with Gasteiger partial charge >= 0.3 is 5.97 Å². The van der Waals surface area contributed by atoms with Gasteiger partial charge in [0, 0.05) is 5.75 Å². The van der Waals surface area contributed by atoms with E-state index in [1.807, 2.05) is 6.07 Å². The van der Waals surface area contributed by atoms with E-state index in [9.17, 15) is 24.3 Å². The first-order valence-corrected chi connectivity index (χ1v) is 8.67. The normalized spacial score (nSPS) is 21.6. The molecule has 1 aromatic rings. The molecule has 0 saturated carbocycles. The maximum atomic E-state index is 12.4. The van der Waals surface area contributed by atoms with Gasteiger partial charge in [0.25, 0.3) is 11.8 Å². The molecule has 1 aromatic carbocycles. The number of fused-ring (bicyclic) bond motifs is 1. The first kappa shape index (κ1) is 18.0. The molecule has 1 saturated heterocycles. The Kier molecular flexibility index (Phi) is 4.96. The third kappa shape index (κ3) is 3.16. The Morgan fingerprint density at radius 1 is 1.23 bits per heavy atom. The number of carbonyl (C=O) groups is 4. The van der Waals surface area contributed by atoms with E-state index >= 15 is 0 Å². The summed E-state index contributed by atoms with van der Waals surface area (Å²) in [6.45, 7) is 0. The van der Waals surface area contributed by atoms with Gasteiger partial charge in [0.2, 0.25) is 5.91 Å². The van der Waals surface area contributed by atoms with Crippen molar-refractivity contribution in [1.82, 2.24) is 15.7 Å². The summed E-state index contributed by atoms with van der Waals surface area (Å²) in [5.41, 5.74) is 1.49. The minimum absolute atomic E-state index is 0.00642. The van der Waals surface area contributed by atoms with E-state index in [1.54, 1.807) is 24.3 Å². The van der Waals surface area contributed by atoms with Crippen molar-refractivity contribution in [2.24, 2.45) is 0 Å². The van der Waals surface area contributed by atoms with E-state index in [2.05, 4.69) is 5.32 Å². The molecular weight excluding hydrogens is 362 g/mol. The minimum atomic E-state index is -1.45. The zero-order chi connectivity index (χ0) is 18.8. The maximum absolute atomic E-state index is 12.4. The van der Waals surface area contributed by atoms with Crippen LogP contribution in [0.15, 0.2) is 41.6 Å². The standard InChI is InChI=1S/C16H15N3O6S/c20-10(6-8-4-2-1-3-5-8)17-11-14(22)19-12(16(23)24)9(13(21)18-25)7-26-15(11)19/h1-5,11,15,25H,6-7H2,(H,17,20)(H,18,21)(H,23,24)/t11?,15-/m0/s1. The van der Waals surface area contributed by atoms with Crippen molar-refractivity contribution < 1.29 is 29.5 Å².